The molecule has 1 rings (SSSR count). The van der Waals surface area contributed by atoms with Gasteiger partial charge in [-0.3, -0.25) is 4.98 Å². The molecule has 0 aliphatic carbocycles. The van der Waals surface area contributed by atoms with E-state index in [-0.39, 0.29) is 0 Å². The van der Waals surface area contributed by atoms with Crippen LogP contribution in [0, 0.1) is 6.92 Å². The lowest BCUT2D eigenvalue weighted by Crippen LogP contribution is -2.00. The summed E-state index contributed by atoms with van der Waals surface area (Å²) in [4.78, 5) is 4.68. The summed E-state index contributed by atoms with van der Waals surface area (Å²) in [5, 5.41) is 0. The van der Waals surface area contributed by atoms with Crippen LogP contribution >= 0.6 is 0 Å². The van der Waals surface area contributed by atoms with E-state index in [4.69, 9.17) is 0 Å². The van der Waals surface area contributed by atoms with Crippen molar-refractivity contribution in [3.05, 3.63) is 29.1 Å². The highest BCUT2D eigenvalue weighted by molar-refractivity contribution is 5.25. The molecule has 0 aliphatic rings. The molecule has 1 heteroatoms. The van der Waals surface area contributed by atoms with Crippen LogP contribution in [-0.4, -0.2) is 4.98 Å². The number of rotatable bonds is 5. The maximum atomic E-state index is 4.68. The average molecular weight is 205 g/mol. The third-order valence-corrected chi connectivity index (χ3v) is 3.11. The molecule has 0 spiro atoms. The van der Waals surface area contributed by atoms with Crippen molar-refractivity contribution in [2.24, 2.45) is 0 Å². The zero-order chi connectivity index (χ0) is 11.3. The summed E-state index contributed by atoms with van der Waals surface area (Å²) in [5.74, 6) is 0.637. The third-order valence-electron chi connectivity index (χ3n) is 3.11. The van der Waals surface area contributed by atoms with Gasteiger partial charge < -0.3 is 0 Å². The first-order chi connectivity index (χ1) is 7.19. The van der Waals surface area contributed by atoms with E-state index in [1.165, 1.54) is 36.2 Å². The summed E-state index contributed by atoms with van der Waals surface area (Å²) in [6.45, 7) is 8.86. The fourth-order valence-electron chi connectivity index (χ4n) is 1.86. The van der Waals surface area contributed by atoms with Gasteiger partial charge in [-0.15, -0.1) is 0 Å². The van der Waals surface area contributed by atoms with Gasteiger partial charge in [0.15, 0.2) is 0 Å². The van der Waals surface area contributed by atoms with Crippen molar-refractivity contribution in [2.75, 3.05) is 0 Å². The predicted molar refractivity (Wildman–Crippen MR) is 66.3 cm³/mol. The van der Waals surface area contributed by atoms with Crippen molar-refractivity contribution in [1.82, 2.24) is 4.98 Å². The Kier molecular flexibility index (Phi) is 4.80. The first-order valence-corrected chi connectivity index (χ1v) is 6.15. The second-order valence-electron chi connectivity index (χ2n) is 4.39. The lowest BCUT2D eigenvalue weighted by atomic mass is 9.97. The van der Waals surface area contributed by atoms with Crippen LogP contribution in [-0.2, 0) is 6.42 Å². The largest absolute Gasteiger partial charge is 0.258 e. The minimum Gasteiger partial charge on any atom is -0.258 e. The minimum atomic E-state index is 0.637. The molecule has 1 heterocycles. The molecule has 0 radical (unpaired) electrons. The number of hydrogen-bond acceptors (Lipinski definition) is 1. The summed E-state index contributed by atoms with van der Waals surface area (Å²) < 4.78 is 0. The summed E-state index contributed by atoms with van der Waals surface area (Å²) in [6.07, 6.45) is 4.80. The maximum absolute atomic E-state index is 4.68. The van der Waals surface area contributed by atoms with Gasteiger partial charge in [-0.2, -0.15) is 0 Å². The molecule has 0 amide bonds. The Balaban J connectivity index is 2.78. The number of nitrogens with zero attached hydrogens (tertiary/aromatic N) is 1. The summed E-state index contributed by atoms with van der Waals surface area (Å²) in [6, 6.07) is 4.46. The van der Waals surface area contributed by atoms with Crippen LogP contribution in [0.1, 0.15) is 62.9 Å². The van der Waals surface area contributed by atoms with E-state index in [0.29, 0.717) is 5.92 Å². The van der Waals surface area contributed by atoms with Gasteiger partial charge in [-0.05, 0) is 43.7 Å². The smallest absolute Gasteiger partial charge is 0.0410 e. The van der Waals surface area contributed by atoms with E-state index < -0.39 is 0 Å². The van der Waals surface area contributed by atoms with E-state index in [9.17, 15) is 0 Å². The molecule has 84 valence electrons. The summed E-state index contributed by atoms with van der Waals surface area (Å²) in [7, 11) is 0. The molecule has 1 aromatic heterocycles. The van der Waals surface area contributed by atoms with Crippen molar-refractivity contribution in [2.45, 2.75) is 59.3 Å². The molecule has 1 aromatic rings. The van der Waals surface area contributed by atoms with Crippen LogP contribution < -0.4 is 0 Å². The van der Waals surface area contributed by atoms with E-state index >= 15 is 0 Å². The SMILES string of the molecule is CCCCc1ccc(C(C)CC)c(C)n1. The Morgan fingerprint density at radius 3 is 2.53 bits per heavy atom. The van der Waals surface area contributed by atoms with Gasteiger partial charge in [0, 0.05) is 11.4 Å². The molecule has 0 fully saturated rings. The molecule has 0 saturated carbocycles. The highest BCUT2D eigenvalue weighted by Crippen LogP contribution is 2.21. The zero-order valence-electron chi connectivity index (χ0n) is 10.5. The third kappa shape index (κ3) is 3.33. The first-order valence-electron chi connectivity index (χ1n) is 6.15. The van der Waals surface area contributed by atoms with Crippen LogP contribution in [0.25, 0.3) is 0 Å². The Morgan fingerprint density at radius 2 is 2.00 bits per heavy atom. The molecule has 0 saturated heterocycles. The molecule has 1 nitrogen and oxygen atoms in total. The monoisotopic (exact) mass is 205 g/mol. The van der Waals surface area contributed by atoms with Gasteiger partial charge in [0.25, 0.3) is 0 Å². The number of aryl methyl sites for hydroxylation is 2. The molecule has 0 bridgehead atoms. The molecular formula is C14H23N. The molecule has 1 unspecified atom stereocenters. The number of aromatic nitrogens is 1. The van der Waals surface area contributed by atoms with Crippen LogP contribution in [0.5, 0.6) is 0 Å². The summed E-state index contributed by atoms with van der Waals surface area (Å²) in [5.41, 5.74) is 3.89. The Bertz CT molecular complexity index is 304. The fourth-order valence-corrected chi connectivity index (χ4v) is 1.86. The van der Waals surface area contributed by atoms with E-state index in [1.54, 1.807) is 0 Å². The Morgan fingerprint density at radius 1 is 1.27 bits per heavy atom. The van der Waals surface area contributed by atoms with E-state index in [1.807, 2.05) is 0 Å². The van der Waals surface area contributed by atoms with E-state index in [0.717, 1.165) is 6.42 Å². The predicted octanol–water partition coefficient (Wildman–Crippen LogP) is 4.25. The second-order valence-corrected chi connectivity index (χ2v) is 4.39. The van der Waals surface area contributed by atoms with Gasteiger partial charge in [-0.1, -0.05) is 33.3 Å². The van der Waals surface area contributed by atoms with Gasteiger partial charge in [0.05, 0.1) is 0 Å². The lowest BCUT2D eigenvalue weighted by molar-refractivity contribution is 0.714. The Labute approximate surface area is 93.9 Å². The van der Waals surface area contributed by atoms with Crippen molar-refractivity contribution < 1.29 is 0 Å². The maximum Gasteiger partial charge on any atom is 0.0410 e. The zero-order valence-corrected chi connectivity index (χ0v) is 10.5. The normalized spacial score (nSPS) is 12.8. The molecule has 0 aliphatic heterocycles. The quantitative estimate of drug-likeness (QED) is 0.700. The lowest BCUT2D eigenvalue weighted by Gasteiger charge is -2.12. The second kappa shape index (κ2) is 5.89. The summed E-state index contributed by atoms with van der Waals surface area (Å²) >= 11 is 0. The van der Waals surface area contributed by atoms with Gasteiger partial charge in [0.2, 0.25) is 0 Å². The molecule has 0 aromatic carbocycles. The van der Waals surface area contributed by atoms with Crippen LogP contribution in [0.2, 0.25) is 0 Å². The van der Waals surface area contributed by atoms with Crippen molar-refractivity contribution in [3.8, 4) is 0 Å². The number of hydrogen-bond donors (Lipinski definition) is 0. The number of unbranched alkanes of at least 4 members (excludes halogenated alkanes) is 1. The van der Waals surface area contributed by atoms with Gasteiger partial charge in [-0.25, -0.2) is 0 Å². The van der Waals surface area contributed by atoms with Crippen LogP contribution in [0.4, 0.5) is 0 Å². The van der Waals surface area contributed by atoms with E-state index in [2.05, 4.69) is 44.8 Å². The highest BCUT2D eigenvalue weighted by Gasteiger charge is 2.07. The molecule has 15 heavy (non-hydrogen) atoms. The van der Waals surface area contributed by atoms with Gasteiger partial charge >= 0.3 is 0 Å². The minimum absolute atomic E-state index is 0.637. The first kappa shape index (κ1) is 12.2. The molecule has 0 N–H and O–H groups in total. The van der Waals surface area contributed by atoms with Crippen molar-refractivity contribution >= 4 is 0 Å². The molecule has 1 atom stereocenters. The van der Waals surface area contributed by atoms with Crippen molar-refractivity contribution in [1.29, 1.82) is 0 Å². The van der Waals surface area contributed by atoms with Crippen LogP contribution in [0.15, 0.2) is 12.1 Å². The van der Waals surface area contributed by atoms with Crippen LogP contribution in [0.3, 0.4) is 0 Å². The topological polar surface area (TPSA) is 12.9 Å². The average Bonchev–Trinajstić information content (AvgIpc) is 2.25. The van der Waals surface area contributed by atoms with Crippen molar-refractivity contribution in [3.63, 3.8) is 0 Å². The number of pyridine rings is 1. The fraction of sp³-hybridized carbons (Fsp3) is 0.643. The Hall–Kier alpha value is -0.850. The highest BCUT2D eigenvalue weighted by atomic mass is 14.7. The molecular weight excluding hydrogens is 182 g/mol. The standard InChI is InChI=1S/C14H23N/c1-5-7-8-13-9-10-14(11(3)6-2)12(4)15-13/h9-11H,5-8H2,1-4H3. The van der Waals surface area contributed by atoms with Gasteiger partial charge in [0.1, 0.15) is 0 Å².